The zero-order valence-corrected chi connectivity index (χ0v) is 19.3. The lowest BCUT2D eigenvalue weighted by molar-refractivity contribution is 0.182. The number of nitrogen functional groups attached to an aromatic ring is 1. The van der Waals surface area contributed by atoms with Crippen molar-refractivity contribution in [1.29, 1.82) is 0 Å². The van der Waals surface area contributed by atoms with E-state index in [1.54, 1.807) is 6.20 Å². The van der Waals surface area contributed by atoms with Gasteiger partial charge in [-0.05, 0) is 55.8 Å². The highest BCUT2D eigenvalue weighted by Gasteiger charge is 2.23. The Bertz CT molecular complexity index is 1530. The van der Waals surface area contributed by atoms with Gasteiger partial charge in [-0.3, -0.25) is 4.57 Å². The predicted molar refractivity (Wildman–Crippen MR) is 136 cm³/mol. The van der Waals surface area contributed by atoms with E-state index in [1.165, 1.54) is 0 Å². The molecule has 0 saturated carbocycles. The minimum Gasteiger partial charge on any atom is -0.465 e. The maximum absolute atomic E-state index is 11.2. The molecule has 4 N–H and O–H groups in total. The predicted octanol–water partition coefficient (Wildman–Crippen LogP) is 5.23. The summed E-state index contributed by atoms with van der Waals surface area (Å²) in [5.41, 5.74) is 11.0. The van der Waals surface area contributed by atoms with Crippen molar-refractivity contribution in [1.82, 2.24) is 24.8 Å². The van der Waals surface area contributed by atoms with Gasteiger partial charge in [0.15, 0.2) is 11.5 Å². The molecule has 8 nitrogen and oxygen atoms in total. The Labute approximate surface area is 202 Å². The van der Waals surface area contributed by atoms with Crippen LogP contribution in [0.2, 0.25) is 0 Å². The van der Waals surface area contributed by atoms with E-state index in [-0.39, 0.29) is 0 Å². The number of rotatable bonds is 5. The summed E-state index contributed by atoms with van der Waals surface area (Å²) in [6, 6.07) is 25.2. The van der Waals surface area contributed by atoms with Crippen molar-refractivity contribution >= 4 is 23.1 Å². The summed E-state index contributed by atoms with van der Waals surface area (Å²) in [6.07, 6.45) is 0.566. The van der Waals surface area contributed by atoms with Crippen molar-refractivity contribution in [2.24, 2.45) is 0 Å². The second-order valence-electron chi connectivity index (χ2n) is 8.71. The number of benzene rings is 2. The molecule has 1 amide bonds. The van der Waals surface area contributed by atoms with E-state index in [9.17, 15) is 9.90 Å². The second kappa shape index (κ2) is 8.57. The number of nitrogens with two attached hydrogens (primary N) is 1. The van der Waals surface area contributed by atoms with Crippen molar-refractivity contribution in [3.63, 3.8) is 0 Å². The van der Waals surface area contributed by atoms with Crippen molar-refractivity contribution in [3.05, 3.63) is 90.6 Å². The maximum atomic E-state index is 11.2. The fourth-order valence-electron chi connectivity index (χ4n) is 4.13. The second-order valence-corrected chi connectivity index (χ2v) is 8.71. The van der Waals surface area contributed by atoms with Crippen LogP contribution in [0.25, 0.3) is 39.5 Å². The third-order valence-electron chi connectivity index (χ3n) is 5.92. The standard InChI is InChI=1S/C27H24N6O2/c1-27(2,32-26(34)35)18-10-12-19(13-11-18)33-24(20-9-6-16-29-23(20)28)31-22-15-14-21(30-25(22)33)17-7-4-3-5-8-17/h3-16,32H,1-2H3,(H2,28,29)(H,34,35). The first-order valence-corrected chi connectivity index (χ1v) is 11.1. The summed E-state index contributed by atoms with van der Waals surface area (Å²) in [6.45, 7) is 3.64. The van der Waals surface area contributed by atoms with Crippen LogP contribution in [0.4, 0.5) is 10.6 Å². The molecule has 5 aromatic rings. The number of carbonyl (C=O) groups is 1. The van der Waals surface area contributed by atoms with Gasteiger partial charge in [0.2, 0.25) is 0 Å². The molecule has 2 aromatic carbocycles. The maximum Gasteiger partial charge on any atom is 0.405 e. The van der Waals surface area contributed by atoms with Gasteiger partial charge in [-0.15, -0.1) is 0 Å². The minimum atomic E-state index is -1.08. The minimum absolute atomic E-state index is 0.371. The first kappa shape index (κ1) is 22.1. The van der Waals surface area contributed by atoms with Gasteiger partial charge in [0.25, 0.3) is 0 Å². The highest BCUT2D eigenvalue weighted by Crippen LogP contribution is 2.32. The molecular weight excluding hydrogens is 440 g/mol. The topological polar surface area (TPSA) is 119 Å². The molecular formula is C27H24N6O2. The van der Waals surface area contributed by atoms with Crippen LogP contribution < -0.4 is 11.1 Å². The summed E-state index contributed by atoms with van der Waals surface area (Å²) >= 11 is 0. The zero-order chi connectivity index (χ0) is 24.6. The number of hydrogen-bond donors (Lipinski definition) is 3. The fourth-order valence-corrected chi connectivity index (χ4v) is 4.13. The van der Waals surface area contributed by atoms with Crippen LogP contribution in [0.1, 0.15) is 19.4 Å². The molecule has 0 saturated heterocycles. The van der Waals surface area contributed by atoms with Crippen LogP contribution in [0.15, 0.2) is 85.1 Å². The molecule has 174 valence electrons. The Morgan fingerprint density at radius 1 is 0.943 bits per heavy atom. The molecule has 0 radical (unpaired) electrons. The van der Waals surface area contributed by atoms with Gasteiger partial charge in [0.05, 0.1) is 16.8 Å². The lowest BCUT2D eigenvalue weighted by atomic mass is 9.94. The van der Waals surface area contributed by atoms with Gasteiger partial charge in [-0.2, -0.15) is 0 Å². The van der Waals surface area contributed by atoms with Crippen molar-refractivity contribution < 1.29 is 9.90 Å². The first-order chi connectivity index (χ1) is 16.8. The molecule has 35 heavy (non-hydrogen) atoms. The van der Waals surface area contributed by atoms with Crippen molar-refractivity contribution in [2.75, 3.05) is 5.73 Å². The average Bonchev–Trinajstić information content (AvgIpc) is 3.22. The highest BCUT2D eigenvalue weighted by molar-refractivity contribution is 5.84. The molecule has 8 heteroatoms. The monoisotopic (exact) mass is 464 g/mol. The molecule has 0 bridgehead atoms. The van der Waals surface area contributed by atoms with E-state index in [2.05, 4.69) is 10.3 Å². The average molecular weight is 465 g/mol. The number of hydrogen-bond acceptors (Lipinski definition) is 5. The Morgan fingerprint density at radius 3 is 2.37 bits per heavy atom. The summed E-state index contributed by atoms with van der Waals surface area (Å²) in [7, 11) is 0. The van der Waals surface area contributed by atoms with Crippen LogP contribution in [0, 0.1) is 0 Å². The van der Waals surface area contributed by atoms with Crippen LogP contribution in [-0.2, 0) is 5.54 Å². The van der Waals surface area contributed by atoms with Crippen molar-refractivity contribution in [2.45, 2.75) is 19.4 Å². The zero-order valence-electron chi connectivity index (χ0n) is 19.3. The molecule has 0 atom stereocenters. The van der Waals surface area contributed by atoms with Gasteiger partial charge in [-0.1, -0.05) is 42.5 Å². The number of imidazole rings is 1. The van der Waals surface area contributed by atoms with Crippen LogP contribution in [0.5, 0.6) is 0 Å². The van der Waals surface area contributed by atoms with Gasteiger partial charge >= 0.3 is 6.09 Å². The highest BCUT2D eigenvalue weighted by atomic mass is 16.4. The third kappa shape index (κ3) is 4.17. The van der Waals surface area contributed by atoms with Gasteiger partial charge in [0, 0.05) is 17.4 Å². The van der Waals surface area contributed by atoms with Crippen molar-refractivity contribution in [3.8, 4) is 28.3 Å². The normalized spacial score (nSPS) is 11.5. The number of pyridine rings is 2. The number of anilines is 1. The number of nitrogens with one attached hydrogen (secondary N) is 1. The number of nitrogens with zero attached hydrogens (tertiary/aromatic N) is 4. The molecule has 0 fully saturated rings. The lowest BCUT2D eigenvalue weighted by Crippen LogP contribution is -2.40. The van der Waals surface area contributed by atoms with Gasteiger partial charge in [-0.25, -0.2) is 19.7 Å². The molecule has 3 aromatic heterocycles. The Kier molecular flexibility index (Phi) is 5.41. The number of aromatic nitrogens is 4. The quantitative estimate of drug-likeness (QED) is 0.327. The summed E-state index contributed by atoms with van der Waals surface area (Å²) < 4.78 is 1.95. The van der Waals surface area contributed by atoms with Crippen LogP contribution in [-0.4, -0.2) is 30.7 Å². The number of fused-ring (bicyclic) bond motifs is 1. The molecule has 0 aliphatic carbocycles. The SMILES string of the molecule is CC(C)(NC(=O)O)c1ccc(-n2c(-c3cccnc3N)nc3ccc(-c4ccccc4)nc32)cc1. The van der Waals surface area contributed by atoms with E-state index in [4.69, 9.17) is 15.7 Å². The van der Waals surface area contributed by atoms with Crippen LogP contribution in [0.3, 0.4) is 0 Å². The van der Waals surface area contributed by atoms with Gasteiger partial charge < -0.3 is 16.2 Å². The van der Waals surface area contributed by atoms with Crippen LogP contribution >= 0.6 is 0 Å². The summed E-state index contributed by atoms with van der Waals surface area (Å²) in [5.74, 6) is 0.995. The Balaban J connectivity index is 1.71. The lowest BCUT2D eigenvalue weighted by Gasteiger charge is -2.25. The largest absolute Gasteiger partial charge is 0.465 e. The third-order valence-corrected chi connectivity index (χ3v) is 5.92. The summed E-state index contributed by atoms with van der Waals surface area (Å²) in [5, 5.41) is 11.7. The van der Waals surface area contributed by atoms with Gasteiger partial charge in [0.1, 0.15) is 11.3 Å². The fraction of sp³-hybridized carbons (Fsp3) is 0.111. The van der Waals surface area contributed by atoms with E-state index in [1.807, 2.05) is 97.3 Å². The smallest absolute Gasteiger partial charge is 0.405 e. The number of amides is 1. The van der Waals surface area contributed by atoms with E-state index < -0.39 is 11.6 Å². The van der Waals surface area contributed by atoms with E-state index in [0.717, 1.165) is 28.0 Å². The molecule has 0 spiro atoms. The number of carboxylic acid groups (broad SMARTS) is 1. The molecule has 5 rings (SSSR count). The molecule has 0 unspecified atom stereocenters. The summed E-state index contributed by atoms with van der Waals surface area (Å²) in [4.78, 5) is 25.3. The first-order valence-electron chi connectivity index (χ1n) is 11.1. The van der Waals surface area contributed by atoms with E-state index >= 15 is 0 Å². The molecule has 3 heterocycles. The Morgan fingerprint density at radius 2 is 1.69 bits per heavy atom. The Hall–Kier alpha value is -4.72. The molecule has 0 aliphatic rings. The van der Waals surface area contributed by atoms with E-state index in [0.29, 0.717) is 22.9 Å². The molecule has 0 aliphatic heterocycles.